The molecule has 1 aliphatic carbocycles. The van der Waals surface area contributed by atoms with Crippen LogP contribution in [-0.4, -0.2) is 41.3 Å². The summed E-state index contributed by atoms with van der Waals surface area (Å²) in [5, 5.41) is 2.95. The Kier molecular flexibility index (Phi) is 6.68. The third-order valence-corrected chi connectivity index (χ3v) is 4.95. The third kappa shape index (κ3) is 4.52. The summed E-state index contributed by atoms with van der Waals surface area (Å²) >= 11 is 0. The molecule has 1 aliphatic rings. The Morgan fingerprint density at radius 2 is 1.82 bits per heavy atom. The number of esters is 1. The maximum Gasteiger partial charge on any atom is 0.407 e. The molecule has 0 unspecified atom stereocenters. The monoisotopic (exact) mass is 385 g/mol. The van der Waals surface area contributed by atoms with E-state index < -0.39 is 12.1 Å². The summed E-state index contributed by atoms with van der Waals surface area (Å²) in [4.78, 5) is 32.4. The van der Waals surface area contributed by atoms with Crippen LogP contribution in [0.3, 0.4) is 0 Å². The molecule has 2 N–H and O–H groups in total. The molecule has 0 saturated heterocycles. The summed E-state index contributed by atoms with van der Waals surface area (Å²) in [6, 6.07) is 9.51. The molecule has 1 heterocycles. The lowest BCUT2D eigenvalue weighted by atomic mass is 9.84. The molecule has 1 fully saturated rings. The van der Waals surface area contributed by atoms with E-state index >= 15 is 0 Å². The minimum absolute atomic E-state index is 0.0104. The van der Waals surface area contributed by atoms with Crippen molar-refractivity contribution < 1.29 is 19.1 Å². The number of nitrogens with one attached hydrogen (secondary N) is 2. The van der Waals surface area contributed by atoms with Gasteiger partial charge in [0.2, 0.25) is 0 Å². The fraction of sp³-hybridized carbons (Fsp3) is 0.476. The number of benzene rings is 1. The predicted molar refractivity (Wildman–Crippen MR) is 105 cm³/mol. The number of H-pyrrole nitrogens is 1. The Balaban J connectivity index is 1.93. The van der Waals surface area contributed by atoms with Crippen LogP contribution < -0.4 is 5.32 Å². The number of ether oxygens (including phenoxy) is 2. The lowest BCUT2D eigenvalue weighted by Crippen LogP contribution is -2.41. The van der Waals surface area contributed by atoms with Crippen molar-refractivity contribution in [3.8, 4) is 11.3 Å². The molecule has 2 atom stereocenters. The average molecular weight is 385 g/mol. The van der Waals surface area contributed by atoms with Gasteiger partial charge in [-0.25, -0.2) is 14.6 Å². The fourth-order valence-corrected chi connectivity index (χ4v) is 3.68. The number of hydrogen-bond donors (Lipinski definition) is 2. The molecule has 0 bridgehead atoms. The van der Waals surface area contributed by atoms with E-state index in [1.807, 2.05) is 30.3 Å². The smallest absolute Gasteiger partial charge is 0.407 e. The molecule has 7 heteroatoms. The third-order valence-electron chi connectivity index (χ3n) is 4.95. The van der Waals surface area contributed by atoms with Crippen molar-refractivity contribution in [3.05, 3.63) is 41.9 Å². The van der Waals surface area contributed by atoms with Gasteiger partial charge in [-0.3, -0.25) is 0 Å². The molecule has 0 radical (unpaired) electrons. The molecule has 3 rings (SSSR count). The molecule has 28 heavy (non-hydrogen) atoms. The summed E-state index contributed by atoms with van der Waals surface area (Å²) in [5.74, 6) is 0.238. The molecular weight excluding hydrogens is 358 g/mol. The van der Waals surface area contributed by atoms with Gasteiger partial charge in [0.15, 0.2) is 5.69 Å². The number of imidazole rings is 1. The number of rotatable bonds is 6. The largest absolute Gasteiger partial charge is 0.461 e. The number of carbonyl (C=O) groups is 2. The second-order valence-electron chi connectivity index (χ2n) is 6.79. The number of carbonyl (C=O) groups excluding carboxylic acids is 2. The van der Waals surface area contributed by atoms with Crippen LogP contribution in [0.1, 0.15) is 61.8 Å². The van der Waals surface area contributed by atoms with Gasteiger partial charge in [0, 0.05) is 17.5 Å². The van der Waals surface area contributed by atoms with Gasteiger partial charge in [-0.1, -0.05) is 43.2 Å². The second-order valence-corrected chi connectivity index (χ2v) is 6.79. The van der Waals surface area contributed by atoms with Crippen LogP contribution in [0, 0.1) is 0 Å². The molecule has 7 nitrogen and oxygen atoms in total. The van der Waals surface area contributed by atoms with E-state index in [-0.39, 0.29) is 24.3 Å². The SMILES string of the molecule is CCOC(=O)N[C@H]1CCCC[C@H]1c1nc(C(=O)OCC)c(-c2ccccc2)[nH]1. The van der Waals surface area contributed by atoms with Crippen molar-refractivity contribution in [3.63, 3.8) is 0 Å². The molecular formula is C21H27N3O4. The molecule has 0 spiro atoms. The highest BCUT2D eigenvalue weighted by molar-refractivity contribution is 5.94. The van der Waals surface area contributed by atoms with E-state index in [0.29, 0.717) is 18.1 Å². The Labute approximate surface area is 164 Å². The maximum absolute atomic E-state index is 12.5. The number of amides is 1. The van der Waals surface area contributed by atoms with Crippen LogP contribution in [0.2, 0.25) is 0 Å². The molecule has 0 aliphatic heterocycles. The molecule has 2 aromatic rings. The Hall–Kier alpha value is -2.83. The Bertz CT molecular complexity index is 803. The summed E-state index contributed by atoms with van der Waals surface area (Å²) in [6.45, 7) is 4.16. The van der Waals surface area contributed by atoms with Crippen LogP contribution in [0.4, 0.5) is 4.79 Å². The first-order chi connectivity index (χ1) is 13.6. The topological polar surface area (TPSA) is 93.3 Å². The quantitative estimate of drug-likeness (QED) is 0.733. The average Bonchev–Trinajstić information content (AvgIpc) is 3.15. The standard InChI is InChI=1S/C21H27N3O4/c1-3-27-20(25)18-17(14-10-6-5-7-11-14)23-19(24-18)15-12-8-9-13-16(15)22-21(26)28-4-2/h5-7,10-11,15-16H,3-4,8-9,12-13H2,1-2H3,(H,22,26)(H,23,24)/t15-,16+/m1/s1. The van der Waals surface area contributed by atoms with Gasteiger partial charge in [0.1, 0.15) is 5.82 Å². The van der Waals surface area contributed by atoms with Gasteiger partial charge < -0.3 is 19.8 Å². The van der Waals surface area contributed by atoms with Crippen molar-refractivity contribution in [1.82, 2.24) is 15.3 Å². The van der Waals surface area contributed by atoms with Crippen molar-refractivity contribution in [1.29, 1.82) is 0 Å². The lowest BCUT2D eigenvalue weighted by molar-refractivity contribution is 0.0520. The van der Waals surface area contributed by atoms with Crippen molar-refractivity contribution in [2.24, 2.45) is 0 Å². The van der Waals surface area contributed by atoms with E-state index in [4.69, 9.17) is 9.47 Å². The highest BCUT2D eigenvalue weighted by Crippen LogP contribution is 2.34. The van der Waals surface area contributed by atoms with E-state index in [2.05, 4.69) is 15.3 Å². The first-order valence-electron chi connectivity index (χ1n) is 9.89. The first-order valence-corrected chi connectivity index (χ1v) is 9.89. The number of aromatic amines is 1. The fourth-order valence-electron chi connectivity index (χ4n) is 3.68. The molecule has 1 amide bonds. The minimum atomic E-state index is -0.449. The zero-order valence-corrected chi connectivity index (χ0v) is 16.4. The number of hydrogen-bond acceptors (Lipinski definition) is 5. The van der Waals surface area contributed by atoms with Gasteiger partial charge in [-0.15, -0.1) is 0 Å². The predicted octanol–water partition coefficient (Wildman–Crippen LogP) is 4.03. The van der Waals surface area contributed by atoms with Crippen LogP contribution >= 0.6 is 0 Å². The van der Waals surface area contributed by atoms with Gasteiger partial charge in [0.25, 0.3) is 0 Å². The second kappa shape index (κ2) is 9.39. The Morgan fingerprint density at radius 3 is 2.54 bits per heavy atom. The van der Waals surface area contributed by atoms with E-state index in [0.717, 1.165) is 31.2 Å². The number of aromatic nitrogens is 2. The van der Waals surface area contributed by atoms with Gasteiger partial charge in [-0.05, 0) is 26.7 Å². The number of alkyl carbamates (subject to hydrolysis) is 1. The molecule has 1 saturated carbocycles. The maximum atomic E-state index is 12.5. The lowest BCUT2D eigenvalue weighted by Gasteiger charge is -2.30. The van der Waals surface area contributed by atoms with Crippen molar-refractivity contribution >= 4 is 12.1 Å². The zero-order valence-electron chi connectivity index (χ0n) is 16.4. The zero-order chi connectivity index (χ0) is 19.9. The van der Waals surface area contributed by atoms with Gasteiger partial charge in [0.05, 0.1) is 18.9 Å². The van der Waals surface area contributed by atoms with Gasteiger partial charge >= 0.3 is 12.1 Å². The normalized spacial score (nSPS) is 19.1. The van der Waals surface area contributed by atoms with E-state index in [1.54, 1.807) is 13.8 Å². The van der Waals surface area contributed by atoms with Crippen LogP contribution in [0.25, 0.3) is 11.3 Å². The van der Waals surface area contributed by atoms with E-state index in [1.165, 1.54) is 0 Å². The summed E-state index contributed by atoms with van der Waals surface area (Å²) in [5.41, 5.74) is 1.80. The Morgan fingerprint density at radius 1 is 1.11 bits per heavy atom. The van der Waals surface area contributed by atoms with Crippen LogP contribution in [0.15, 0.2) is 30.3 Å². The summed E-state index contributed by atoms with van der Waals surface area (Å²) < 4.78 is 10.2. The van der Waals surface area contributed by atoms with Crippen LogP contribution in [0.5, 0.6) is 0 Å². The summed E-state index contributed by atoms with van der Waals surface area (Å²) in [7, 11) is 0. The molecule has 150 valence electrons. The van der Waals surface area contributed by atoms with Crippen molar-refractivity contribution in [2.75, 3.05) is 13.2 Å². The first kappa shape index (κ1) is 19.9. The van der Waals surface area contributed by atoms with E-state index in [9.17, 15) is 9.59 Å². The molecule has 1 aromatic heterocycles. The highest BCUT2D eigenvalue weighted by Gasteiger charge is 2.32. The highest BCUT2D eigenvalue weighted by atomic mass is 16.5. The summed E-state index contributed by atoms with van der Waals surface area (Å²) in [6.07, 6.45) is 3.38. The number of nitrogens with zero attached hydrogens (tertiary/aromatic N) is 1. The minimum Gasteiger partial charge on any atom is -0.461 e. The van der Waals surface area contributed by atoms with Gasteiger partial charge in [-0.2, -0.15) is 0 Å². The van der Waals surface area contributed by atoms with Crippen LogP contribution in [-0.2, 0) is 9.47 Å². The molecule has 1 aromatic carbocycles. The van der Waals surface area contributed by atoms with Crippen molar-refractivity contribution in [2.45, 2.75) is 51.5 Å².